The number of hydrogen-bond donors (Lipinski definition) is 1. The van der Waals surface area contributed by atoms with E-state index in [1.54, 1.807) is 0 Å². The highest BCUT2D eigenvalue weighted by Gasteiger charge is 2.32. The molecule has 1 aromatic rings. The van der Waals surface area contributed by atoms with Gasteiger partial charge in [-0.3, -0.25) is 0 Å². The summed E-state index contributed by atoms with van der Waals surface area (Å²) in [7, 11) is 2.08. The predicted molar refractivity (Wildman–Crippen MR) is 88.1 cm³/mol. The molecule has 0 spiro atoms. The van der Waals surface area contributed by atoms with Gasteiger partial charge in [0.1, 0.15) is 0 Å². The van der Waals surface area contributed by atoms with Gasteiger partial charge >= 0.3 is 0 Å². The van der Waals surface area contributed by atoms with Gasteiger partial charge in [0.25, 0.3) is 0 Å². The zero-order chi connectivity index (χ0) is 15.4. The van der Waals surface area contributed by atoms with Crippen molar-refractivity contribution in [2.45, 2.75) is 46.6 Å². The van der Waals surface area contributed by atoms with Gasteiger partial charge in [0.05, 0.1) is 0 Å². The van der Waals surface area contributed by atoms with E-state index >= 15 is 0 Å². The molecule has 0 amide bonds. The Kier molecular flexibility index (Phi) is 5.20. The van der Waals surface area contributed by atoms with Crippen molar-refractivity contribution in [1.29, 1.82) is 0 Å². The molecule has 0 radical (unpaired) electrons. The molecule has 0 saturated heterocycles. The van der Waals surface area contributed by atoms with Crippen LogP contribution in [0.1, 0.15) is 40.5 Å². The van der Waals surface area contributed by atoms with E-state index in [2.05, 4.69) is 64.8 Å². The number of anilines is 3. The third-order valence-corrected chi connectivity index (χ3v) is 4.22. The van der Waals surface area contributed by atoms with Crippen LogP contribution in [0.4, 0.5) is 17.8 Å². The summed E-state index contributed by atoms with van der Waals surface area (Å²) in [5.41, 5.74) is 0. The summed E-state index contributed by atoms with van der Waals surface area (Å²) in [5, 5.41) is 3.21. The van der Waals surface area contributed by atoms with Crippen molar-refractivity contribution >= 4 is 17.8 Å². The molecule has 0 aliphatic heterocycles. The van der Waals surface area contributed by atoms with E-state index in [1.807, 2.05) is 0 Å². The number of rotatable bonds is 8. The van der Waals surface area contributed by atoms with E-state index < -0.39 is 0 Å². The number of nitrogens with one attached hydrogen (secondary N) is 1. The number of nitrogens with zero attached hydrogens (tertiary/aromatic N) is 5. The van der Waals surface area contributed by atoms with Crippen molar-refractivity contribution in [2.75, 3.05) is 41.8 Å². The molecule has 118 valence electrons. The summed E-state index contributed by atoms with van der Waals surface area (Å²) in [4.78, 5) is 18.1. The van der Waals surface area contributed by atoms with Gasteiger partial charge in [-0.2, -0.15) is 15.0 Å². The van der Waals surface area contributed by atoms with Gasteiger partial charge in [-0.25, -0.2) is 0 Å². The van der Waals surface area contributed by atoms with Gasteiger partial charge in [0, 0.05) is 32.7 Å². The highest BCUT2D eigenvalue weighted by atomic mass is 15.4. The first-order chi connectivity index (χ1) is 10.1. The predicted octanol–water partition coefficient (Wildman–Crippen LogP) is 2.38. The average Bonchev–Trinajstić information content (AvgIpc) is 3.32. The first-order valence-electron chi connectivity index (χ1n) is 8.08. The summed E-state index contributed by atoms with van der Waals surface area (Å²) in [6.07, 6.45) is 2.64. The topological polar surface area (TPSA) is 57.2 Å². The molecule has 0 aromatic carbocycles. The second-order valence-corrected chi connectivity index (χ2v) is 5.65. The van der Waals surface area contributed by atoms with Crippen molar-refractivity contribution < 1.29 is 0 Å². The third-order valence-electron chi connectivity index (χ3n) is 4.22. The lowest BCUT2D eigenvalue weighted by molar-refractivity contribution is 0.596. The average molecular weight is 292 g/mol. The van der Waals surface area contributed by atoms with Crippen LogP contribution in [0.5, 0.6) is 0 Å². The maximum absolute atomic E-state index is 4.68. The Morgan fingerprint density at radius 3 is 2.24 bits per heavy atom. The Hall–Kier alpha value is -1.59. The van der Waals surface area contributed by atoms with E-state index in [0.717, 1.165) is 37.4 Å². The zero-order valence-corrected chi connectivity index (χ0v) is 13.9. The van der Waals surface area contributed by atoms with Crippen molar-refractivity contribution in [3.63, 3.8) is 0 Å². The van der Waals surface area contributed by atoms with E-state index in [-0.39, 0.29) is 0 Å². The first-order valence-corrected chi connectivity index (χ1v) is 8.08. The van der Waals surface area contributed by atoms with Crippen molar-refractivity contribution in [1.82, 2.24) is 15.0 Å². The fourth-order valence-corrected chi connectivity index (χ4v) is 2.47. The Labute approximate surface area is 128 Å². The minimum Gasteiger partial charge on any atom is -0.354 e. The van der Waals surface area contributed by atoms with Gasteiger partial charge in [-0.05, 0) is 46.5 Å². The summed E-state index contributed by atoms with van der Waals surface area (Å²) >= 11 is 0. The molecule has 6 nitrogen and oxygen atoms in total. The first kappa shape index (κ1) is 15.8. The van der Waals surface area contributed by atoms with Gasteiger partial charge < -0.3 is 15.1 Å². The molecule has 1 fully saturated rings. The Morgan fingerprint density at radius 1 is 1.10 bits per heavy atom. The molecule has 1 heterocycles. The lowest BCUT2D eigenvalue weighted by Crippen LogP contribution is -2.33. The van der Waals surface area contributed by atoms with Gasteiger partial charge in [-0.1, -0.05) is 0 Å². The monoisotopic (exact) mass is 292 g/mol. The molecule has 1 unspecified atom stereocenters. The Balaban J connectivity index is 2.29. The van der Waals surface area contributed by atoms with Crippen molar-refractivity contribution in [3.05, 3.63) is 0 Å². The minimum atomic E-state index is 0.478. The van der Waals surface area contributed by atoms with Crippen LogP contribution in [0.15, 0.2) is 0 Å². The van der Waals surface area contributed by atoms with Gasteiger partial charge in [0.2, 0.25) is 17.8 Å². The van der Waals surface area contributed by atoms with Crippen molar-refractivity contribution in [3.8, 4) is 0 Å². The third kappa shape index (κ3) is 3.74. The highest BCUT2D eigenvalue weighted by Crippen LogP contribution is 2.35. The van der Waals surface area contributed by atoms with Crippen LogP contribution in [0.2, 0.25) is 0 Å². The van der Waals surface area contributed by atoms with Crippen molar-refractivity contribution in [2.24, 2.45) is 5.92 Å². The van der Waals surface area contributed by atoms with E-state index in [4.69, 9.17) is 0 Å². The number of aromatic nitrogens is 3. The van der Waals surface area contributed by atoms with Crippen LogP contribution in [-0.2, 0) is 0 Å². The molecule has 2 rings (SSSR count). The maximum atomic E-state index is 4.68. The smallest absolute Gasteiger partial charge is 0.231 e. The van der Waals surface area contributed by atoms with E-state index in [9.17, 15) is 0 Å². The second kappa shape index (κ2) is 6.91. The van der Waals surface area contributed by atoms with Crippen LogP contribution in [0, 0.1) is 5.92 Å². The lowest BCUT2D eigenvalue weighted by Gasteiger charge is -2.27. The molecule has 6 heteroatoms. The molecule has 1 atom stereocenters. The molecule has 1 aromatic heterocycles. The molecule has 21 heavy (non-hydrogen) atoms. The van der Waals surface area contributed by atoms with Crippen LogP contribution in [-0.4, -0.2) is 47.7 Å². The Morgan fingerprint density at radius 2 is 1.71 bits per heavy atom. The lowest BCUT2D eigenvalue weighted by atomic mass is 10.2. The summed E-state index contributed by atoms with van der Waals surface area (Å²) < 4.78 is 0. The zero-order valence-electron chi connectivity index (χ0n) is 13.9. The fourth-order valence-electron chi connectivity index (χ4n) is 2.47. The largest absolute Gasteiger partial charge is 0.354 e. The molecule has 0 bridgehead atoms. The summed E-state index contributed by atoms with van der Waals surface area (Å²) in [6, 6.07) is 0.478. The molecule has 1 aliphatic rings. The quantitative estimate of drug-likeness (QED) is 0.794. The normalized spacial score (nSPS) is 15.7. The minimum absolute atomic E-state index is 0.478. The fraction of sp³-hybridized carbons (Fsp3) is 0.800. The highest BCUT2D eigenvalue weighted by molar-refractivity contribution is 5.45. The summed E-state index contributed by atoms with van der Waals surface area (Å²) in [6.45, 7) is 11.2. The second-order valence-electron chi connectivity index (χ2n) is 5.65. The van der Waals surface area contributed by atoms with Gasteiger partial charge in [-0.15, -0.1) is 0 Å². The number of hydrogen-bond acceptors (Lipinski definition) is 6. The SMILES string of the molecule is CCNc1nc(N(CC)CC)nc(N(C)C(C)C2CC2)n1. The van der Waals surface area contributed by atoms with Crippen LogP contribution < -0.4 is 15.1 Å². The maximum Gasteiger partial charge on any atom is 0.231 e. The summed E-state index contributed by atoms with van der Waals surface area (Å²) in [5.74, 6) is 2.98. The van der Waals surface area contributed by atoms with E-state index in [0.29, 0.717) is 12.0 Å². The Bertz CT molecular complexity index is 455. The molecular formula is C15H28N6. The molecule has 1 aliphatic carbocycles. The standard InChI is InChI=1S/C15H28N6/c1-6-16-13-17-14(20(5)11(4)12-9-10-12)19-15(18-13)21(7-2)8-3/h11-12H,6-10H2,1-5H3,(H,16,17,18,19). The van der Waals surface area contributed by atoms with E-state index in [1.165, 1.54) is 12.8 Å². The molecule has 1 N–H and O–H groups in total. The van der Waals surface area contributed by atoms with Gasteiger partial charge in [0.15, 0.2) is 0 Å². The van der Waals surface area contributed by atoms with Crippen LogP contribution >= 0.6 is 0 Å². The molecular weight excluding hydrogens is 264 g/mol. The van der Waals surface area contributed by atoms with Crippen LogP contribution in [0.25, 0.3) is 0 Å². The molecule has 1 saturated carbocycles. The van der Waals surface area contributed by atoms with Crippen LogP contribution in [0.3, 0.4) is 0 Å².